The first kappa shape index (κ1) is 13.2. The van der Waals surface area contributed by atoms with Gasteiger partial charge < -0.3 is 8.84 Å². The minimum Gasteiger partial charge on any atom is -0.472 e. The molecule has 0 aliphatic rings. The number of furan rings is 1. The van der Waals surface area contributed by atoms with E-state index in [1.807, 2.05) is 0 Å². The fraction of sp³-hybridized carbons (Fsp3) is 0.583. The Morgan fingerprint density at radius 2 is 2.06 bits per heavy atom. The Hall–Kier alpha value is -0.873. The van der Waals surface area contributed by atoms with Crippen molar-refractivity contribution < 1.29 is 13.6 Å². The monoisotopic (exact) mass is 240 g/mol. The van der Waals surface area contributed by atoms with Gasteiger partial charge in [0, 0.05) is 0 Å². The van der Waals surface area contributed by atoms with Gasteiger partial charge in [-0.15, -0.1) is 0 Å². The topological polar surface area (TPSA) is 39.4 Å². The van der Waals surface area contributed by atoms with E-state index in [2.05, 4.69) is 33.9 Å². The molecule has 4 heteroatoms. The van der Waals surface area contributed by atoms with Crippen molar-refractivity contribution in [3.63, 3.8) is 0 Å². The molecule has 0 saturated heterocycles. The molecular weight excluding hydrogens is 220 g/mol. The summed E-state index contributed by atoms with van der Waals surface area (Å²) in [5, 5.41) is 0.129. The maximum Gasteiger partial charge on any atom is 0.192 e. The smallest absolute Gasteiger partial charge is 0.192 e. The lowest BCUT2D eigenvalue weighted by atomic mass is 10.2. The summed E-state index contributed by atoms with van der Waals surface area (Å²) in [6, 6.07) is 1.66. The number of carbonyl (C=O) groups is 1. The van der Waals surface area contributed by atoms with Crippen LogP contribution in [-0.4, -0.2) is 20.7 Å². The Morgan fingerprint density at radius 3 is 2.50 bits per heavy atom. The Balaban J connectivity index is 2.56. The molecule has 0 spiro atoms. The van der Waals surface area contributed by atoms with Gasteiger partial charge in [0.25, 0.3) is 0 Å². The fourth-order valence-electron chi connectivity index (χ4n) is 0.969. The molecule has 1 heterocycles. The molecule has 0 N–H and O–H groups in total. The normalized spacial score (nSPS) is 12.8. The highest BCUT2D eigenvalue weighted by Gasteiger charge is 2.37. The van der Waals surface area contributed by atoms with Crippen molar-refractivity contribution in [3.8, 4) is 0 Å². The van der Waals surface area contributed by atoms with Crippen LogP contribution in [-0.2, 0) is 4.43 Å². The summed E-state index contributed by atoms with van der Waals surface area (Å²) in [5.41, 5.74) is 0.582. The molecule has 1 rings (SSSR count). The Labute approximate surface area is 97.9 Å². The van der Waals surface area contributed by atoms with E-state index in [0.717, 1.165) is 0 Å². The molecule has 1 aromatic heterocycles. The second-order valence-corrected chi connectivity index (χ2v) is 10.3. The molecule has 0 aliphatic carbocycles. The highest BCUT2D eigenvalue weighted by molar-refractivity contribution is 6.74. The second kappa shape index (κ2) is 4.55. The van der Waals surface area contributed by atoms with Gasteiger partial charge in [-0.25, -0.2) is 0 Å². The van der Waals surface area contributed by atoms with Crippen LogP contribution in [0.15, 0.2) is 23.0 Å². The van der Waals surface area contributed by atoms with E-state index in [4.69, 9.17) is 8.84 Å². The lowest BCUT2D eigenvalue weighted by molar-refractivity contribution is 0.0910. The van der Waals surface area contributed by atoms with Crippen LogP contribution in [0.3, 0.4) is 0 Å². The summed E-state index contributed by atoms with van der Waals surface area (Å²) < 4.78 is 10.7. The van der Waals surface area contributed by atoms with Crippen LogP contribution >= 0.6 is 0 Å². The molecule has 0 atom stereocenters. The Kier molecular flexibility index (Phi) is 3.75. The van der Waals surface area contributed by atoms with Crippen molar-refractivity contribution in [3.05, 3.63) is 24.2 Å². The lowest BCUT2D eigenvalue weighted by Crippen LogP contribution is -2.42. The number of ketones is 1. The van der Waals surface area contributed by atoms with Gasteiger partial charge in [-0.3, -0.25) is 4.79 Å². The molecule has 3 nitrogen and oxygen atoms in total. The third-order valence-corrected chi connectivity index (χ3v) is 7.69. The van der Waals surface area contributed by atoms with Gasteiger partial charge in [-0.2, -0.15) is 0 Å². The molecule has 0 radical (unpaired) electrons. The highest BCUT2D eigenvalue weighted by atomic mass is 28.4. The second-order valence-electron chi connectivity index (χ2n) is 5.48. The number of rotatable bonds is 4. The molecule has 0 amide bonds. The highest BCUT2D eigenvalue weighted by Crippen LogP contribution is 2.36. The molecule has 1 aromatic rings. The fourth-order valence-corrected chi connectivity index (χ4v) is 1.89. The van der Waals surface area contributed by atoms with E-state index in [1.165, 1.54) is 12.5 Å². The lowest BCUT2D eigenvalue weighted by Gasteiger charge is -2.35. The zero-order chi connectivity index (χ0) is 12.4. The van der Waals surface area contributed by atoms with E-state index < -0.39 is 8.32 Å². The SMILES string of the molecule is CC(C)(C)[Si](C)(C)OCC(=O)c1ccoc1. The summed E-state index contributed by atoms with van der Waals surface area (Å²) in [6.07, 6.45) is 2.96. The quantitative estimate of drug-likeness (QED) is 0.597. The Bertz CT molecular complexity index is 347. The number of carbonyl (C=O) groups excluding carboxylic acids is 1. The third kappa shape index (κ3) is 3.06. The summed E-state index contributed by atoms with van der Waals surface area (Å²) in [4.78, 5) is 11.7. The average molecular weight is 240 g/mol. The first-order chi connectivity index (χ1) is 7.24. The number of Topliss-reactive ketones (excluding diaryl/α,β-unsaturated/α-hetero) is 1. The van der Waals surface area contributed by atoms with Crippen LogP contribution in [0.5, 0.6) is 0 Å². The van der Waals surface area contributed by atoms with Crippen LogP contribution in [0.1, 0.15) is 31.1 Å². The third-order valence-electron chi connectivity index (χ3n) is 3.21. The van der Waals surface area contributed by atoms with Crippen molar-refractivity contribution in [1.29, 1.82) is 0 Å². The van der Waals surface area contributed by atoms with Crippen molar-refractivity contribution in [1.82, 2.24) is 0 Å². The zero-order valence-electron chi connectivity index (χ0n) is 10.7. The maximum atomic E-state index is 11.7. The first-order valence-corrected chi connectivity index (χ1v) is 8.34. The molecule has 0 fully saturated rings. The van der Waals surface area contributed by atoms with Gasteiger partial charge in [-0.05, 0) is 24.2 Å². The molecule has 0 aromatic carbocycles. The largest absolute Gasteiger partial charge is 0.472 e. The van der Waals surface area contributed by atoms with Gasteiger partial charge in [-0.1, -0.05) is 20.8 Å². The van der Waals surface area contributed by atoms with Gasteiger partial charge >= 0.3 is 0 Å². The Morgan fingerprint density at radius 1 is 1.44 bits per heavy atom. The van der Waals surface area contributed by atoms with Crippen LogP contribution in [0.4, 0.5) is 0 Å². The maximum absolute atomic E-state index is 11.7. The van der Waals surface area contributed by atoms with E-state index in [0.29, 0.717) is 5.56 Å². The van der Waals surface area contributed by atoms with Crippen molar-refractivity contribution >= 4 is 14.1 Å². The average Bonchev–Trinajstić information content (AvgIpc) is 2.65. The summed E-state index contributed by atoms with van der Waals surface area (Å²) in [7, 11) is -1.83. The molecule has 16 heavy (non-hydrogen) atoms. The van der Waals surface area contributed by atoms with Crippen molar-refractivity contribution in [2.45, 2.75) is 38.9 Å². The van der Waals surface area contributed by atoms with E-state index in [-0.39, 0.29) is 17.4 Å². The predicted molar refractivity (Wildman–Crippen MR) is 66.2 cm³/mol. The standard InChI is InChI=1S/C12H20O3Si/c1-12(2,3)16(4,5)15-9-11(13)10-6-7-14-8-10/h6-8H,9H2,1-5H3. The molecular formula is C12H20O3Si. The van der Waals surface area contributed by atoms with Gasteiger partial charge in [0.05, 0.1) is 18.4 Å². The van der Waals surface area contributed by atoms with Gasteiger partial charge in [0.15, 0.2) is 14.1 Å². The number of hydrogen-bond donors (Lipinski definition) is 0. The van der Waals surface area contributed by atoms with Crippen LogP contribution in [0, 0.1) is 0 Å². The van der Waals surface area contributed by atoms with Crippen LogP contribution < -0.4 is 0 Å². The molecule has 0 bridgehead atoms. The van der Waals surface area contributed by atoms with Gasteiger partial charge in [0.1, 0.15) is 6.26 Å². The molecule has 90 valence electrons. The van der Waals surface area contributed by atoms with Crippen LogP contribution in [0.2, 0.25) is 18.1 Å². The van der Waals surface area contributed by atoms with Crippen molar-refractivity contribution in [2.24, 2.45) is 0 Å². The first-order valence-electron chi connectivity index (χ1n) is 5.43. The summed E-state index contributed by atoms with van der Waals surface area (Å²) in [5.74, 6) is -0.0152. The van der Waals surface area contributed by atoms with E-state index in [1.54, 1.807) is 6.07 Å². The van der Waals surface area contributed by atoms with Crippen LogP contribution in [0.25, 0.3) is 0 Å². The van der Waals surface area contributed by atoms with Gasteiger partial charge in [0.2, 0.25) is 0 Å². The molecule has 0 unspecified atom stereocenters. The summed E-state index contributed by atoms with van der Waals surface area (Å²) in [6.45, 7) is 10.9. The molecule has 0 aliphatic heterocycles. The minimum atomic E-state index is -1.83. The van der Waals surface area contributed by atoms with E-state index in [9.17, 15) is 4.79 Å². The number of hydrogen-bond acceptors (Lipinski definition) is 3. The summed E-state index contributed by atoms with van der Waals surface area (Å²) >= 11 is 0. The van der Waals surface area contributed by atoms with E-state index >= 15 is 0 Å². The predicted octanol–water partition coefficient (Wildman–Crippen LogP) is 3.48. The molecule has 0 saturated carbocycles. The van der Waals surface area contributed by atoms with Crippen molar-refractivity contribution in [2.75, 3.05) is 6.61 Å². The zero-order valence-corrected chi connectivity index (χ0v) is 11.7. The minimum absolute atomic E-state index is 0.0152.